The van der Waals surface area contributed by atoms with Crippen molar-refractivity contribution in [3.8, 4) is 0 Å². The van der Waals surface area contributed by atoms with Gasteiger partial charge in [-0.3, -0.25) is 14.3 Å². The minimum Gasteiger partial charge on any atom is -0.323 e. The number of nitrogens with one attached hydrogen (secondary N) is 1. The van der Waals surface area contributed by atoms with E-state index in [0.29, 0.717) is 12.0 Å². The molecule has 1 amide bonds. The van der Waals surface area contributed by atoms with Crippen molar-refractivity contribution in [3.05, 3.63) is 0 Å². The molecule has 2 saturated heterocycles. The fraction of sp³-hybridized carbons (Fsp3) is 0.933. The van der Waals surface area contributed by atoms with Crippen molar-refractivity contribution in [1.82, 2.24) is 10.2 Å². The zero-order chi connectivity index (χ0) is 14.7. The topological polar surface area (TPSA) is 49.4 Å². The van der Waals surface area contributed by atoms with E-state index in [1.165, 1.54) is 0 Å². The van der Waals surface area contributed by atoms with Crippen LogP contribution in [0, 0.1) is 5.92 Å². The van der Waals surface area contributed by atoms with E-state index in [-0.39, 0.29) is 18.1 Å². The molecule has 0 aliphatic carbocycles. The summed E-state index contributed by atoms with van der Waals surface area (Å²) < 4.78 is 11.5. The van der Waals surface area contributed by atoms with E-state index in [0.717, 1.165) is 43.6 Å². The molecule has 2 heterocycles. The number of carbonyl (C=O) groups excluding carboxylic acids is 1. The van der Waals surface area contributed by atoms with Crippen LogP contribution in [0.4, 0.5) is 0 Å². The second kappa shape index (κ2) is 7.03. The minimum atomic E-state index is -0.663. The van der Waals surface area contributed by atoms with Crippen molar-refractivity contribution in [2.45, 2.75) is 71.1 Å². The van der Waals surface area contributed by atoms with Gasteiger partial charge < -0.3 is 4.90 Å². The van der Waals surface area contributed by atoms with Crippen LogP contribution >= 0.6 is 0 Å². The molecule has 0 spiro atoms. The zero-order valence-electron chi connectivity index (χ0n) is 12.9. The molecule has 116 valence electrons. The Balaban J connectivity index is 2.06. The van der Waals surface area contributed by atoms with Crippen LogP contribution < -0.4 is 5.32 Å². The second-order valence-electron chi connectivity index (χ2n) is 6.48. The maximum Gasteiger partial charge on any atom is 0.241 e. The maximum absolute atomic E-state index is 12.7. The van der Waals surface area contributed by atoms with Gasteiger partial charge >= 0.3 is 0 Å². The van der Waals surface area contributed by atoms with Crippen molar-refractivity contribution in [1.29, 1.82) is 0 Å². The Labute approximate surface area is 125 Å². The number of hydrogen-bond acceptors (Lipinski definition) is 3. The first-order chi connectivity index (χ1) is 9.52. The van der Waals surface area contributed by atoms with Gasteiger partial charge in [-0.25, -0.2) is 0 Å². The van der Waals surface area contributed by atoms with E-state index >= 15 is 0 Å². The monoisotopic (exact) mass is 300 g/mol. The summed E-state index contributed by atoms with van der Waals surface area (Å²) in [4.78, 5) is 14.8. The lowest BCUT2D eigenvalue weighted by atomic mass is 10.0. The first kappa shape index (κ1) is 16.0. The molecular formula is C15H28N2O2S. The van der Waals surface area contributed by atoms with Crippen LogP contribution in [0.5, 0.6) is 0 Å². The molecule has 0 aromatic rings. The summed E-state index contributed by atoms with van der Waals surface area (Å²) in [7, 11) is -0.663. The molecule has 2 fully saturated rings. The van der Waals surface area contributed by atoms with Crippen LogP contribution in [0.1, 0.15) is 52.9 Å². The fourth-order valence-electron chi connectivity index (χ4n) is 3.35. The van der Waals surface area contributed by atoms with Crippen LogP contribution in [0.3, 0.4) is 0 Å². The third kappa shape index (κ3) is 3.61. The molecule has 2 atom stereocenters. The minimum absolute atomic E-state index is 0.0148. The average molecular weight is 300 g/mol. The lowest BCUT2D eigenvalue weighted by molar-refractivity contribution is -0.132. The first-order valence-electron chi connectivity index (χ1n) is 7.96. The van der Waals surface area contributed by atoms with Gasteiger partial charge in [-0.15, -0.1) is 0 Å². The van der Waals surface area contributed by atoms with Crippen LogP contribution in [0.2, 0.25) is 0 Å². The van der Waals surface area contributed by atoms with Gasteiger partial charge in [-0.05, 0) is 31.6 Å². The summed E-state index contributed by atoms with van der Waals surface area (Å²) in [5.74, 6) is 2.30. The predicted octanol–water partition coefficient (Wildman–Crippen LogP) is 1.87. The van der Waals surface area contributed by atoms with Crippen molar-refractivity contribution >= 4 is 16.7 Å². The molecule has 2 rings (SSSR count). The zero-order valence-corrected chi connectivity index (χ0v) is 13.7. The van der Waals surface area contributed by atoms with Gasteiger partial charge in [0.05, 0.1) is 12.2 Å². The third-order valence-electron chi connectivity index (χ3n) is 4.30. The smallest absolute Gasteiger partial charge is 0.241 e. The fourth-order valence-corrected chi connectivity index (χ4v) is 4.62. The molecule has 2 aliphatic heterocycles. The Morgan fingerprint density at radius 2 is 2.00 bits per heavy atom. The molecular weight excluding hydrogens is 272 g/mol. The highest BCUT2D eigenvalue weighted by Crippen LogP contribution is 2.26. The Kier molecular flexibility index (Phi) is 5.61. The average Bonchev–Trinajstić information content (AvgIpc) is 2.67. The molecule has 5 heteroatoms. The normalized spacial score (nSPS) is 35.0. The number of nitrogens with zero attached hydrogens (tertiary/aromatic N) is 1. The van der Waals surface area contributed by atoms with Gasteiger partial charge in [-0.2, -0.15) is 0 Å². The van der Waals surface area contributed by atoms with E-state index < -0.39 is 10.8 Å². The maximum atomic E-state index is 12.7. The third-order valence-corrected chi connectivity index (χ3v) is 5.68. The van der Waals surface area contributed by atoms with Gasteiger partial charge in [-0.1, -0.05) is 27.2 Å². The summed E-state index contributed by atoms with van der Waals surface area (Å²) >= 11 is 0. The van der Waals surface area contributed by atoms with Crippen molar-refractivity contribution in [2.75, 3.05) is 11.5 Å². The van der Waals surface area contributed by atoms with Crippen LogP contribution in [-0.2, 0) is 15.6 Å². The quantitative estimate of drug-likeness (QED) is 0.843. The number of amides is 1. The van der Waals surface area contributed by atoms with Gasteiger partial charge in [0.1, 0.15) is 0 Å². The van der Waals surface area contributed by atoms with Gasteiger partial charge in [0.15, 0.2) is 0 Å². The second-order valence-corrected chi connectivity index (χ2v) is 8.17. The highest BCUT2D eigenvalue weighted by Gasteiger charge is 2.42. The van der Waals surface area contributed by atoms with Crippen LogP contribution in [0.25, 0.3) is 0 Å². The van der Waals surface area contributed by atoms with Gasteiger partial charge in [0.25, 0.3) is 0 Å². The molecule has 2 unspecified atom stereocenters. The number of rotatable bonds is 5. The highest BCUT2D eigenvalue weighted by molar-refractivity contribution is 7.85. The van der Waals surface area contributed by atoms with E-state index in [9.17, 15) is 9.00 Å². The molecule has 0 bridgehead atoms. The van der Waals surface area contributed by atoms with Crippen molar-refractivity contribution in [3.63, 3.8) is 0 Å². The lowest BCUT2D eigenvalue weighted by Crippen LogP contribution is -2.47. The molecule has 20 heavy (non-hydrogen) atoms. The van der Waals surface area contributed by atoms with E-state index in [2.05, 4.69) is 31.0 Å². The van der Waals surface area contributed by atoms with Crippen LogP contribution in [0.15, 0.2) is 0 Å². The summed E-state index contributed by atoms with van der Waals surface area (Å²) in [5, 5.41) is 3.53. The SMILES string of the molecule is CCCC1NC(CC(C)C)C(=O)N1C1CCS(=O)CC1. The largest absolute Gasteiger partial charge is 0.323 e. The molecule has 4 nitrogen and oxygen atoms in total. The molecule has 2 aliphatic rings. The summed E-state index contributed by atoms with van der Waals surface area (Å²) in [5.41, 5.74) is 0. The molecule has 0 radical (unpaired) electrons. The molecule has 1 N–H and O–H groups in total. The number of hydrogen-bond donors (Lipinski definition) is 1. The van der Waals surface area contributed by atoms with Crippen LogP contribution in [-0.4, -0.2) is 44.8 Å². The molecule has 0 aromatic carbocycles. The molecule has 0 saturated carbocycles. The van der Waals surface area contributed by atoms with Gasteiger partial charge in [0.2, 0.25) is 5.91 Å². The summed E-state index contributed by atoms with van der Waals surface area (Å²) in [6.45, 7) is 6.49. The van der Waals surface area contributed by atoms with E-state index in [4.69, 9.17) is 0 Å². The van der Waals surface area contributed by atoms with E-state index in [1.807, 2.05) is 0 Å². The van der Waals surface area contributed by atoms with E-state index in [1.54, 1.807) is 0 Å². The highest BCUT2D eigenvalue weighted by atomic mass is 32.2. The Hall–Kier alpha value is -0.420. The summed E-state index contributed by atoms with van der Waals surface area (Å²) in [6, 6.07) is 0.278. The first-order valence-corrected chi connectivity index (χ1v) is 9.45. The Morgan fingerprint density at radius 1 is 1.35 bits per heavy atom. The molecule has 0 aromatic heterocycles. The predicted molar refractivity (Wildman–Crippen MR) is 82.8 cm³/mol. The Morgan fingerprint density at radius 3 is 2.55 bits per heavy atom. The standard InChI is InChI=1S/C15H28N2O2S/c1-4-5-14-16-13(10-11(2)3)15(18)17(14)12-6-8-20(19)9-7-12/h11-14,16H,4-10H2,1-3H3. The van der Waals surface area contributed by atoms with Crippen molar-refractivity contribution < 1.29 is 9.00 Å². The summed E-state index contributed by atoms with van der Waals surface area (Å²) in [6.07, 6.45) is 4.99. The number of carbonyl (C=O) groups is 1. The lowest BCUT2D eigenvalue weighted by Gasteiger charge is -2.35. The Bertz CT molecular complexity index is 363. The van der Waals surface area contributed by atoms with Crippen molar-refractivity contribution in [2.24, 2.45) is 5.92 Å². The van der Waals surface area contributed by atoms with Gasteiger partial charge in [0, 0.05) is 28.3 Å².